The van der Waals surface area contributed by atoms with Crippen LogP contribution >= 0.6 is 0 Å². The first-order chi connectivity index (χ1) is 12.6. The Bertz CT molecular complexity index is 870. The normalized spacial score (nSPS) is 12.2. The molecule has 1 aliphatic heterocycles. The monoisotopic (exact) mass is 356 g/mol. The molecule has 0 atom stereocenters. The summed E-state index contributed by atoms with van der Waals surface area (Å²) in [5.74, 6) is -0.636. The molecular weight excluding hydrogens is 340 g/mol. The summed E-state index contributed by atoms with van der Waals surface area (Å²) in [5, 5.41) is 9.28. The summed E-state index contributed by atoms with van der Waals surface area (Å²) < 4.78 is 21.1. The van der Waals surface area contributed by atoms with Crippen LogP contribution in [0.15, 0.2) is 42.5 Å². The number of carbonyl (C=O) groups is 2. The van der Waals surface area contributed by atoms with Crippen molar-refractivity contribution in [2.24, 2.45) is 0 Å². The molecule has 1 heterocycles. The Hall–Kier alpha value is -3.48. The second-order valence-corrected chi connectivity index (χ2v) is 5.24. The molecule has 0 unspecified atom stereocenters. The molecule has 7 nitrogen and oxygen atoms in total. The van der Waals surface area contributed by atoms with Crippen molar-refractivity contribution < 1.29 is 33.6 Å². The number of aromatic carboxylic acids is 1. The predicted octanol–water partition coefficient (Wildman–Crippen LogP) is 3.13. The Morgan fingerprint density at radius 3 is 2.77 bits per heavy atom. The molecule has 0 spiro atoms. The first-order valence-electron chi connectivity index (χ1n) is 7.87. The molecule has 0 saturated heterocycles. The van der Waals surface area contributed by atoms with Crippen LogP contribution in [-0.2, 0) is 4.79 Å². The topological polar surface area (TPSA) is 91.3 Å². The molecule has 3 rings (SSSR count). The van der Waals surface area contributed by atoms with Crippen molar-refractivity contribution in [2.75, 3.05) is 13.4 Å². The number of esters is 1. The maximum Gasteiger partial charge on any atom is 0.339 e. The van der Waals surface area contributed by atoms with E-state index in [4.69, 9.17) is 18.9 Å². The van der Waals surface area contributed by atoms with E-state index in [1.165, 1.54) is 24.3 Å². The first kappa shape index (κ1) is 17.3. The van der Waals surface area contributed by atoms with Gasteiger partial charge in [0.05, 0.1) is 6.61 Å². The lowest BCUT2D eigenvalue weighted by atomic mass is 10.2. The van der Waals surface area contributed by atoms with Gasteiger partial charge in [0.15, 0.2) is 23.0 Å². The molecule has 0 radical (unpaired) electrons. The number of rotatable bonds is 6. The number of hydrogen-bond donors (Lipinski definition) is 1. The van der Waals surface area contributed by atoms with Gasteiger partial charge >= 0.3 is 11.9 Å². The molecule has 7 heteroatoms. The zero-order valence-electron chi connectivity index (χ0n) is 13.9. The Kier molecular flexibility index (Phi) is 5.07. The molecule has 0 saturated carbocycles. The molecule has 2 aromatic carbocycles. The van der Waals surface area contributed by atoms with Gasteiger partial charge in [0.1, 0.15) is 5.56 Å². The number of carboxylic acids is 1. The lowest BCUT2D eigenvalue weighted by Crippen LogP contribution is -2.10. The zero-order chi connectivity index (χ0) is 18.5. The van der Waals surface area contributed by atoms with E-state index >= 15 is 0 Å². The molecule has 0 bridgehead atoms. The summed E-state index contributed by atoms with van der Waals surface area (Å²) in [4.78, 5) is 23.5. The molecule has 0 amide bonds. The van der Waals surface area contributed by atoms with Crippen LogP contribution in [0.5, 0.6) is 23.0 Å². The number of ether oxygens (including phenoxy) is 4. The van der Waals surface area contributed by atoms with Gasteiger partial charge in [-0.3, -0.25) is 0 Å². The summed E-state index contributed by atoms with van der Waals surface area (Å²) in [6.45, 7) is 2.22. The molecule has 0 aliphatic carbocycles. The predicted molar refractivity (Wildman–Crippen MR) is 91.8 cm³/mol. The number of benzene rings is 2. The van der Waals surface area contributed by atoms with Crippen molar-refractivity contribution in [3.63, 3.8) is 0 Å². The van der Waals surface area contributed by atoms with Crippen molar-refractivity contribution in [3.8, 4) is 23.0 Å². The SMILES string of the molecule is CCOc1cccc(C(=O)O)c1OC(=O)/C=C/c1ccc2c(c1)OCO2. The Morgan fingerprint density at radius 2 is 2.00 bits per heavy atom. The quantitative estimate of drug-likeness (QED) is 0.483. The first-order valence-corrected chi connectivity index (χ1v) is 7.87. The second kappa shape index (κ2) is 7.60. The van der Waals surface area contributed by atoms with Gasteiger partial charge in [-0.1, -0.05) is 12.1 Å². The molecule has 2 aromatic rings. The Morgan fingerprint density at radius 1 is 1.19 bits per heavy atom. The minimum absolute atomic E-state index is 0.123. The summed E-state index contributed by atoms with van der Waals surface area (Å²) in [5.41, 5.74) is 0.559. The van der Waals surface area contributed by atoms with Gasteiger partial charge in [0.25, 0.3) is 0 Å². The molecule has 1 N–H and O–H groups in total. The highest BCUT2D eigenvalue weighted by atomic mass is 16.7. The van der Waals surface area contributed by atoms with E-state index in [1.54, 1.807) is 31.2 Å². The van der Waals surface area contributed by atoms with Crippen LogP contribution < -0.4 is 18.9 Å². The van der Waals surface area contributed by atoms with Gasteiger partial charge in [0.2, 0.25) is 6.79 Å². The van der Waals surface area contributed by atoms with Crippen molar-refractivity contribution in [1.82, 2.24) is 0 Å². The summed E-state index contributed by atoms with van der Waals surface area (Å²) in [7, 11) is 0. The van der Waals surface area contributed by atoms with Gasteiger partial charge < -0.3 is 24.1 Å². The fourth-order valence-electron chi connectivity index (χ4n) is 2.37. The number of para-hydroxylation sites is 1. The fourth-order valence-corrected chi connectivity index (χ4v) is 2.37. The molecule has 1 aliphatic rings. The standard InChI is InChI=1S/C19H16O7/c1-2-23-15-5-3-4-13(19(21)22)18(15)26-17(20)9-7-12-6-8-14-16(10-12)25-11-24-14/h3-10H,2,11H2,1H3,(H,21,22)/b9-7+. The van der Waals surface area contributed by atoms with Crippen LogP contribution in [0, 0.1) is 0 Å². The van der Waals surface area contributed by atoms with E-state index in [2.05, 4.69) is 0 Å². The summed E-state index contributed by atoms with van der Waals surface area (Å²) in [6, 6.07) is 9.63. The minimum Gasteiger partial charge on any atom is -0.490 e. The van der Waals surface area contributed by atoms with E-state index < -0.39 is 11.9 Å². The number of carbonyl (C=O) groups excluding carboxylic acids is 1. The number of carboxylic acid groups (broad SMARTS) is 1. The highest BCUT2D eigenvalue weighted by Gasteiger charge is 2.19. The highest BCUT2D eigenvalue weighted by molar-refractivity contribution is 5.95. The van der Waals surface area contributed by atoms with E-state index in [1.807, 2.05) is 0 Å². The van der Waals surface area contributed by atoms with Crippen molar-refractivity contribution in [2.45, 2.75) is 6.92 Å². The van der Waals surface area contributed by atoms with E-state index in [0.29, 0.717) is 23.7 Å². The fraction of sp³-hybridized carbons (Fsp3) is 0.158. The van der Waals surface area contributed by atoms with E-state index in [9.17, 15) is 14.7 Å². The van der Waals surface area contributed by atoms with Crippen LogP contribution in [0.2, 0.25) is 0 Å². The van der Waals surface area contributed by atoms with Crippen molar-refractivity contribution >= 4 is 18.0 Å². The minimum atomic E-state index is -1.21. The third kappa shape index (κ3) is 3.77. The average molecular weight is 356 g/mol. The molecule has 0 aromatic heterocycles. The molecule has 134 valence electrons. The van der Waals surface area contributed by atoms with Crippen LogP contribution in [0.3, 0.4) is 0 Å². The number of hydrogen-bond acceptors (Lipinski definition) is 6. The summed E-state index contributed by atoms with van der Waals surface area (Å²) in [6.07, 6.45) is 2.74. The Balaban J connectivity index is 1.78. The molecule has 26 heavy (non-hydrogen) atoms. The van der Waals surface area contributed by atoms with Gasteiger partial charge in [-0.05, 0) is 42.8 Å². The van der Waals surface area contributed by atoms with Gasteiger partial charge in [-0.2, -0.15) is 0 Å². The highest BCUT2D eigenvalue weighted by Crippen LogP contribution is 2.33. The van der Waals surface area contributed by atoms with Gasteiger partial charge in [-0.15, -0.1) is 0 Å². The van der Waals surface area contributed by atoms with Crippen LogP contribution in [0.4, 0.5) is 0 Å². The largest absolute Gasteiger partial charge is 0.490 e. The van der Waals surface area contributed by atoms with Gasteiger partial charge in [-0.25, -0.2) is 9.59 Å². The van der Waals surface area contributed by atoms with Gasteiger partial charge in [0, 0.05) is 6.08 Å². The molecular formula is C19H16O7. The van der Waals surface area contributed by atoms with E-state index in [-0.39, 0.29) is 23.9 Å². The van der Waals surface area contributed by atoms with Crippen molar-refractivity contribution in [3.05, 3.63) is 53.6 Å². The summed E-state index contributed by atoms with van der Waals surface area (Å²) >= 11 is 0. The third-order valence-corrected chi connectivity index (χ3v) is 3.52. The lowest BCUT2D eigenvalue weighted by molar-refractivity contribution is -0.129. The average Bonchev–Trinajstić information content (AvgIpc) is 3.09. The molecule has 0 fully saturated rings. The van der Waals surface area contributed by atoms with Crippen LogP contribution in [0.1, 0.15) is 22.8 Å². The third-order valence-electron chi connectivity index (χ3n) is 3.52. The smallest absolute Gasteiger partial charge is 0.339 e. The lowest BCUT2D eigenvalue weighted by Gasteiger charge is -2.11. The second-order valence-electron chi connectivity index (χ2n) is 5.24. The van der Waals surface area contributed by atoms with Crippen LogP contribution in [0.25, 0.3) is 6.08 Å². The maximum atomic E-state index is 12.1. The van der Waals surface area contributed by atoms with Crippen molar-refractivity contribution in [1.29, 1.82) is 0 Å². The van der Waals surface area contributed by atoms with E-state index in [0.717, 1.165) is 0 Å². The van der Waals surface area contributed by atoms with Crippen LogP contribution in [-0.4, -0.2) is 30.4 Å². The maximum absolute atomic E-state index is 12.1. The number of fused-ring (bicyclic) bond motifs is 1. The Labute approximate surface area is 149 Å². The zero-order valence-corrected chi connectivity index (χ0v) is 13.9.